The second kappa shape index (κ2) is 9.27. The predicted octanol–water partition coefficient (Wildman–Crippen LogP) is 1.08. The Balaban J connectivity index is 2.03. The molecule has 0 radical (unpaired) electrons. The first-order valence-corrected chi connectivity index (χ1v) is 8.73. The lowest BCUT2D eigenvalue weighted by Gasteiger charge is -2.36. The number of carbonyl (C=O) groups excluding carboxylic acids is 2. The Kier molecular flexibility index (Phi) is 7.06. The molecular weight excluding hydrogens is 304 g/mol. The largest absolute Gasteiger partial charge is 0.338 e. The van der Waals surface area contributed by atoms with Gasteiger partial charge in [0.2, 0.25) is 5.91 Å². The molecule has 1 unspecified atom stereocenters. The number of carbonyl (C=O) groups is 2. The van der Waals surface area contributed by atoms with Crippen molar-refractivity contribution >= 4 is 11.9 Å². The molecular formula is C18H28N4O2. The molecule has 2 rings (SSSR count). The summed E-state index contributed by atoms with van der Waals surface area (Å²) in [6.07, 6.45) is 0.505. The molecule has 1 heterocycles. The van der Waals surface area contributed by atoms with Gasteiger partial charge in [-0.15, -0.1) is 0 Å². The standard InChI is InChI=1S/C18H28N4O2/c1-3-19-18(24)20-16(14-15-8-6-5-7-9-15)17(23)22-12-10-21(4-2)11-13-22/h5-9,16H,3-4,10-14H2,1-2H3,(H2,19,20,24). The van der Waals surface area contributed by atoms with E-state index in [1.165, 1.54) is 0 Å². The molecule has 2 N–H and O–H groups in total. The minimum Gasteiger partial charge on any atom is -0.338 e. The number of likely N-dealkylation sites (N-methyl/N-ethyl adjacent to an activating group) is 1. The van der Waals surface area contributed by atoms with Crippen molar-refractivity contribution < 1.29 is 9.59 Å². The molecule has 132 valence electrons. The average Bonchev–Trinajstić information content (AvgIpc) is 2.62. The minimum atomic E-state index is -0.535. The summed E-state index contributed by atoms with van der Waals surface area (Å²) in [5, 5.41) is 5.54. The molecule has 6 heteroatoms. The zero-order valence-corrected chi connectivity index (χ0v) is 14.6. The third kappa shape index (κ3) is 5.23. The topological polar surface area (TPSA) is 64.7 Å². The second-order valence-electron chi connectivity index (χ2n) is 6.01. The molecule has 1 fully saturated rings. The molecule has 1 aliphatic rings. The number of piperazine rings is 1. The summed E-state index contributed by atoms with van der Waals surface area (Å²) in [6, 6.07) is 8.97. The predicted molar refractivity (Wildman–Crippen MR) is 94.8 cm³/mol. The Morgan fingerprint density at radius 3 is 2.33 bits per heavy atom. The second-order valence-corrected chi connectivity index (χ2v) is 6.01. The van der Waals surface area contributed by atoms with Crippen LogP contribution in [-0.4, -0.2) is 67.0 Å². The summed E-state index contributed by atoms with van der Waals surface area (Å²) < 4.78 is 0. The number of nitrogens with zero attached hydrogens (tertiary/aromatic N) is 2. The highest BCUT2D eigenvalue weighted by molar-refractivity contribution is 5.87. The van der Waals surface area contributed by atoms with E-state index in [4.69, 9.17) is 0 Å². The number of rotatable bonds is 6. The summed E-state index contributed by atoms with van der Waals surface area (Å²) in [6.45, 7) is 8.75. The summed E-state index contributed by atoms with van der Waals surface area (Å²) in [5.41, 5.74) is 1.04. The first-order chi connectivity index (χ1) is 11.6. The fourth-order valence-corrected chi connectivity index (χ4v) is 2.92. The molecule has 0 bridgehead atoms. The van der Waals surface area contributed by atoms with E-state index in [9.17, 15) is 9.59 Å². The van der Waals surface area contributed by atoms with Gasteiger partial charge < -0.3 is 20.4 Å². The Labute approximate surface area is 144 Å². The maximum Gasteiger partial charge on any atom is 0.315 e. The normalized spacial score (nSPS) is 16.5. The lowest BCUT2D eigenvalue weighted by molar-refractivity contribution is -0.134. The first-order valence-electron chi connectivity index (χ1n) is 8.73. The first kappa shape index (κ1) is 18.3. The van der Waals surface area contributed by atoms with E-state index in [0.717, 1.165) is 38.3 Å². The molecule has 0 aromatic heterocycles. The monoisotopic (exact) mass is 332 g/mol. The highest BCUT2D eigenvalue weighted by Gasteiger charge is 2.28. The van der Waals surface area contributed by atoms with Crippen molar-refractivity contribution in [2.24, 2.45) is 0 Å². The lowest BCUT2D eigenvalue weighted by Crippen LogP contribution is -2.56. The fourth-order valence-electron chi connectivity index (χ4n) is 2.92. The van der Waals surface area contributed by atoms with Crippen molar-refractivity contribution in [3.63, 3.8) is 0 Å². The highest BCUT2D eigenvalue weighted by atomic mass is 16.2. The van der Waals surface area contributed by atoms with Crippen molar-refractivity contribution in [1.29, 1.82) is 0 Å². The van der Waals surface area contributed by atoms with Crippen molar-refractivity contribution in [3.05, 3.63) is 35.9 Å². The van der Waals surface area contributed by atoms with Crippen LogP contribution in [0, 0.1) is 0 Å². The van der Waals surface area contributed by atoms with Gasteiger partial charge in [-0.25, -0.2) is 4.79 Å². The van der Waals surface area contributed by atoms with Crippen LogP contribution in [0.3, 0.4) is 0 Å². The maximum atomic E-state index is 12.9. The number of hydrogen-bond donors (Lipinski definition) is 2. The van der Waals surface area contributed by atoms with Gasteiger partial charge in [0, 0.05) is 39.1 Å². The average molecular weight is 332 g/mol. The third-order valence-corrected chi connectivity index (χ3v) is 4.35. The zero-order valence-electron chi connectivity index (χ0n) is 14.6. The van der Waals surface area contributed by atoms with Crippen LogP contribution in [0.2, 0.25) is 0 Å². The van der Waals surface area contributed by atoms with E-state index in [1.807, 2.05) is 42.2 Å². The molecule has 1 saturated heterocycles. The highest BCUT2D eigenvalue weighted by Crippen LogP contribution is 2.09. The molecule has 6 nitrogen and oxygen atoms in total. The van der Waals surface area contributed by atoms with Crippen LogP contribution < -0.4 is 10.6 Å². The van der Waals surface area contributed by atoms with E-state index in [0.29, 0.717) is 13.0 Å². The summed E-state index contributed by atoms with van der Waals surface area (Å²) in [7, 11) is 0. The quantitative estimate of drug-likeness (QED) is 0.819. The molecule has 3 amide bonds. The van der Waals surface area contributed by atoms with Crippen LogP contribution in [0.4, 0.5) is 4.79 Å². The van der Waals surface area contributed by atoms with Gasteiger partial charge in [-0.05, 0) is 19.0 Å². The molecule has 0 saturated carbocycles. The van der Waals surface area contributed by atoms with Crippen LogP contribution in [0.25, 0.3) is 0 Å². The lowest BCUT2D eigenvalue weighted by atomic mass is 10.0. The van der Waals surface area contributed by atoms with Gasteiger partial charge in [0.25, 0.3) is 0 Å². The van der Waals surface area contributed by atoms with Crippen LogP contribution >= 0.6 is 0 Å². The Hall–Kier alpha value is -2.08. The molecule has 24 heavy (non-hydrogen) atoms. The Bertz CT molecular complexity index is 527. The van der Waals surface area contributed by atoms with Crippen LogP contribution in [-0.2, 0) is 11.2 Å². The summed E-state index contributed by atoms with van der Waals surface area (Å²) >= 11 is 0. The van der Waals surface area contributed by atoms with E-state index in [2.05, 4.69) is 22.5 Å². The molecule has 0 aliphatic carbocycles. The van der Waals surface area contributed by atoms with Crippen molar-refractivity contribution in [2.45, 2.75) is 26.3 Å². The fraction of sp³-hybridized carbons (Fsp3) is 0.556. The molecule has 0 spiro atoms. The number of nitrogens with one attached hydrogen (secondary N) is 2. The van der Waals surface area contributed by atoms with Crippen LogP contribution in [0.1, 0.15) is 19.4 Å². The van der Waals surface area contributed by atoms with Crippen molar-refractivity contribution in [3.8, 4) is 0 Å². The van der Waals surface area contributed by atoms with Crippen molar-refractivity contribution in [2.75, 3.05) is 39.3 Å². The van der Waals surface area contributed by atoms with Gasteiger partial charge in [-0.1, -0.05) is 37.3 Å². The van der Waals surface area contributed by atoms with Gasteiger partial charge in [0.05, 0.1) is 0 Å². The van der Waals surface area contributed by atoms with E-state index in [-0.39, 0.29) is 11.9 Å². The van der Waals surface area contributed by atoms with Gasteiger partial charge in [0.1, 0.15) is 6.04 Å². The zero-order chi connectivity index (χ0) is 17.4. The van der Waals surface area contributed by atoms with E-state index in [1.54, 1.807) is 0 Å². The Morgan fingerprint density at radius 2 is 1.75 bits per heavy atom. The third-order valence-electron chi connectivity index (χ3n) is 4.35. The summed E-state index contributed by atoms with van der Waals surface area (Å²) in [4.78, 5) is 29.0. The SMILES string of the molecule is CCNC(=O)NC(Cc1ccccc1)C(=O)N1CCN(CC)CC1. The maximum absolute atomic E-state index is 12.9. The number of hydrogen-bond acceptors (Lipinski definition) is 3. The van der Waals surface area contributed by atoms with Gasteiger partial charge in [-0.3, -0.25) is 4.79 Å². The molecule has 1 aromatic carbocycles. The van der Waals surface area contributed by atoms with Crippen molar-refractivity contribution in [1.82, 2.24) is 20.4 Å². The van der Waals surface area contributed by atoms with Gasteiger partial charge in [0.15, 0.2) is 0 Å². The van der Waals surface area contributed by atoms with E-state index < -0.39 is 6.04 Å². The number of amides is 3. The smallest absolute Gasteiger partial charge is 0.315 e. The Morgan fingerprint density at radius 1 is 1.08 bits per heavy atom. The number of urea groups is 1. The van der Waals surface area contributed by atoms with E-state index >= 15 is 0 Å². The molecule has 1 aromatic rings. The van der Waals surface area contributed by atoms with Crippen LogP contribution in [0.15, 0.2) is 30.3 Å². The minimum absolute atomic E-state index is 0.000796. The summed E-state index contributed by atoms with van der Waals surface area (Å²) in [5.74, 6) is 0.000796. The van der Waals surface area contributed by atoms with Gasteiger partial charge >= 0.3 is 6.03 Å². The molecule has 1 aliphatic heterocycles. The molecule has 1 atom stereocenters. The van der Waals surface area contributed by atoms with Crippen LogP contribution in [0.5, 0.6) is 0 Å². The number of benzene rings is 1. The van der Waals surface area contributed by atoms with Gasteiger partial charge in [-0.2, -0.15) is 0 Å².